The first-order valence-corrected chi connectivity index (χ1v) is 19.8. The molecule has 7 aromatic carbocycles. The van der Waals surface area contributed by atoms with Crippen molar-refractivity contribution < 1.29 is 4.74 Å². The number of nitrogens with zero attached hydrogens (tertiary/aromatic N) is 3. The zero-order valence-electron chi connectivity index (χ0n) is 32.1. The summed E-state index contributed by atoms with van der Waals surface area (Å²) >= 11 is 0. The van der Waals surface area contributed by atoms with Crippen molar-refractivity contribution in [3.63, 3.8) is 0 Å². The van der Waals surface area contributed by atoms with E-state index in [0.29, 0.717) is 5.82 Å². The van der Waals surface area contributed by atoms with Crippen molar-refractivity contribution in [2.45, 2.75) is 19.3 Å². The Balaban J connectivity index is 1.07. The largest absolute Gasteiger partial charge is 0.457 e. The van der Waals surface area contributed by atoms with Gasteiger partial charge in [0.1, 0.15) is 11.5 Å². The van der Waals surface area contributed by atoms with Crippen LogP contribution in [0, 0.1) is 13.8 Å². The third-order valence-corrected chi connectivity index (χ3v) is 11.8. The van der Waals surface area contributed by atoms with Crippen molar-refractivity contribution in [3.05, 3.63) is 222 Å². The first-order chi connectivity index (χ1) is 28.6. The number of ether oxygens (including phenoxy) is 1. The molecular formula is C54H37N3O. The zero-order valence-corrected chi connectivity index (χ0v) is 32.1. The fourth-order valence-corrected chi connectivity index (χ4v) is 9.24. The Kier molecular flexibility index (Phi) is 7.80. The molecule has 1 spiro atoms. The number of para-hydroxylation sites is 1. The average molecular weight is 744 g/mol. The van der Waals surface area contributed by atoms with Gasteiger partial charge in [0.15, 0.2) is 5.82 Å². The minimum Gasteiger partial charge on any atom is -0.457 e. The van der Waals surface area contributed by atoms with Crippen molar-refractivity contribution in [1.82, 2.24) is 15.0 Å². The highest BCUT2D eigenvalue weighted by atomic mass is 16.5. The van der Waals surface area contributed by atoms with Gasteiger partial charge in [-0.05, 0) is 94.8 Å². The van der Waals surface area contributed by atoms with E-state index in [0.717, 1.165) is 73.1 Å². The molecule has 4 heteroatoms. The first kappa shape index (κ1) is 33.9. The van der Waals surface area contributed by atoms with Crippen molar-refractivity contribution >= 4 is 0 Å². The molecule has 0 saturated heterocycles. The topological polar surface area (TPSA) is 47.9 Å². The summed E-state index contributed by atoms with van der Waals surface area (Å²) < 4.78 is 6.77. The SMILES string of the molecule is Cc1cc(-c2ccccc2)nc(-c2ccc3c(c2)C2(c4ccccc4O3)c3ccccc3-c3c(-c4ccc(-c5cnc(-c6ccccc6)cc5C)cc4)cccc32)n1. The van der Waals surface area contributed by atoms with Gasteiger partial charge >= 0.3 is 0 Å². The van der Waals surface area contributed by atoms with Crippen LogP contribution in [-0.2, 0) is 5.41 Å². The smallest absolute Gasteiger partial charge is 0.160 e. The lowest BCUT2D eigenvalue weighted by Gasteiger charge is -2.39. The molecule has 2 aromatic heterocycles. The summed E-state index contributed by atoms with van der Waals surface area (Å²) in [6, 6.07) is 64.5. The molecule has 274 valence electrons. The fraction of sp³-hybridized carbons (Fsp3) is 0.0556. The van der Waals surface area contributed by atoms with Gasteiger partial charge in [-0.15, -0.1) is 0 Å². The normalized spacial score (nSPS) is 14.6. The summed E-state index contributed by atoms with van der Waals surface area (Å²) in [6.07, 6.45) is 2.01. The molecule has 2 aliphatic rings. The number of benzene rings is 7. The monoisotopic (exact) mass is 743 g/mol. The summed E-state index contributed by atoms with van der Waals surface area (Å²) in [6.45, 7) is 4.20. The highest BCUT2D eigenvalue weighted by Crippen LogP contribution is 2.63. The molecular weight excluding hydrogens is 707 g/mol. The van der Waals surface area contributed by atoms with Crippen LogP contribution in [0.3, 0.4) is 0 Å². The maximum Gasteiger partial charge on any atom is 0.160 e. The van der Waals surface area contributed by atoms with Gasteiger partial charge in [-0.25, -0.2) is 9.97 Å². The summed E-state index contributed by atoms with van der Waals surface area (Å²) in [5, 5.41) is 0. The van der Waals surface area contributed by atoms with E-state index in [1.54, 1.807) is 0 Å². The molecule has 3 heterocycles. The Bertz CT molecular complexity index is 3050. The molecule has 1 atom stereocenters. The molecule has 4 nitrogen and oxygen atoms in total. The van der Waals surface area contributed by atoms with Crippen LogP contribution < -0.4 is 4.74 Å². The van der Waals surface area contributed by atoms with Gasteiger partial charge in [0.05, 0.1) is 16.8 Å². The van der Waals surface area contributed by atoms with Crippen LogP contribution in [0.4, 0.5) is 0 Å². The third-order valence-electron chi connectivity index (χ3n) is 11.8. The highest BCUT2D eigenvalue weighted by Gasteiger charge is 2.51. The second-order valence-corrected chi connectivity index (χ2v) is 15.2. The van der Waals surface area contributed by atoms with E-state index in [1.165, 1.54) is 33.4 Å². The van der Waals surface area contributed by atoms with Crippen molar-refractivity contribution in [2.75, 3.05) is 0 Å². The number of rotatable bonds is 5. The molecule has 1 aliphatic heterocycles. The van der Waals surface area contributed by atoms with Gasteiger partial charge in [-0.1, -0.05) is 146 Å². The number of aryl methyl sites for hydroxylation is 2. The number of hydrogen-bond donors (Lipinski definition) is 0. The van der Waals surface area contributed by atoms with Gasteiger partial charge in [0, 0.05) is 45.3 Å². The zero-order chi connectivity index (χ0) is 38.8. The molecule has 0 N–H and O–H groups in total. The van der Waals surface area contributed by atoms with E-state index in [-0.39, 0.29) is 0 Å². The van der Waals surface area contributed by atoms with Crippen LogP contribution in [0.2, 0.25) is 0 Å². The Labute approximate surface area is 338 Å². The fourth-order valence-electron chi connectivity index (χ4n) is 9.24. The molecule has 1 unspecified atom stereocenters. The van der Waals surface area contributed by atoms with Gasteiger partial charge < -0.3 is 4.74 Å². The summed E-state index contributed by atoms with van der Waals surface area (Å²) in [5.41, 5.74) is 18.2. The van der Waals surface area contributed by atoms with Crippen LogP contribution in [-0.4, -0.2) is 15.0 Å². The maximum atomic E-state index is 6.77. The second-order valence-electron chi connectivity index (χ2n) is 15.2. The van der Waals surface area contributed by atoms with Gasteiger partial charge in [-0.3, -0.25) is 4.98 Å². The van der Waals surface area contributed by atoms with Crippen molar-refractivity contribution in [3.8, 4) is 78.8 Å². The molecule has 0 amide bonds. The summed E-state index contributed by atoms with van der Waals surface area (Å²) in [5.74, 6) is 2.38. The predicted molar refractivity (Wildman–Crippen MR) is 234 cm³/mol. The maximum absolute atomic E-state index is 6.77. The van der Waals surface area contributed by atoms with Crippen LogP contribution >= 0.6 is 0 Å². The molecule has 0 saturated carbocycles. The quantitative estimate of drug-likeness (QED) is 0.176. The average Bonchev–Trinajstić information content (AvgIpc) is 3.57. The van der Waals surface area contributed by atoms with Crippen molar-refractivity contribution in [1.29, 1.82) is 0 Å². The second kappa shape index (κ2) is 13.4. The minimum atomic E-state index is -0.641. The van der Waals surface area contributed by atoms with Gasteiger partial charge in [0.2, 0.25) is 0 Å². The van der Waals surface area contributed by atoms with E-state index in [1.807, 2.05) is 37.4 Å². The Hall–Kier alpha value is -7.43. The van der Waals surface area contributed by atoms with Gasteiger partial charge in [0.25, 0.3) is 0 Å². The molecule has 0 radical (unpaired) electrons. The van der Waals surface area contributed by atoms with Crippen molar-refractivity contribution in [2.24, 2.45) is 0 Å². The number of hydrogen-bond acceptors (Lipinski definition) is 4. The van der Waals surface area contributed by atoms with Crippen LogP contribution in [0.15, 0.2) is 188 Å². The number of aromatic nitrogens is 3. The van der Waals surface area contributed by atoms with Crippen LogP contribution in [0.1, 0.15) is 33.5 Å². The first-order valence-electron chi connectivity index (χ1n) is 19.8. The molecule has 9 aromatic rings. The van der Waals surface area contributed by atoms with Crippen LogP contribution in [0.5, 0.6) is 11.5 Å². The Morgan fingerprint density at radius 3 is 1.78 bits per heavy atom. The summed E-state index contributed by atoms with van der Waals surface area (Å²) in [7, 11) is 0. The minimum absolute atomic E-state index is 0.641. The number of pyridine rings is 1. The van der Waals surface area contributed by atoms with E-state index in [9.17, 15) is 0 Å². The highest BCUT2D eigenvalue weighted by molar-refractivity contribution is 5.97. The number of fused-ring (bicyclic) bond motifs is 9. The molecule has 0 fully saturated rings. The summed E-state index contributed by atoms with van der Waals surface area (Å²) in [4.78, 5) is 15.0. The molecule has 1 aliphatic carbocycles. The lowest BCUT2D eigenvalue weighted by atomic mass is 9.65. The lowest BCUT2D eigenvalue weighted by Crippen LogP contribution is -2.32. The van der Waals surface area contributed by atoms with Gasteiger partial charge in [-0.2, -0.15) is 0 Å². The van der Waals surface area contributed by atoms with E-state index < -0.39 is 5.41 Å². The predicted octanol–water partition coefficient (Wildman–Crippen LogP) is 13.3. The van der Waals surface area contributed by atoms with E-state index >= 15 is 0 Å². The van der Waals surface area contributed by atoms with E-state index in [4.69, 9.17) is 19.7 Å². The lowest BCUT2D eigenvalue weighted by molar-refractivity contribution is 0.436. The Morgan fingerprint density at radius 1 is 0.414 bits per heavy atom. The Morgan fingerprint density at radius 2 is 1.02 bits per heavy atom. The molecule has 0 bridgehead atoms. The standard InChI is InChI=1S/C54H37N3O/c1-34-30-48(38-14-5-3-6-15-38)55-33-43(34)37-26-24-36(25-27-37)41-19-13-22-46-52(41)42-18-9-10-20-44(42)54(46)45-21-11-12-23-50(45)58-51-29-28-40(32-47(51)54)53-56-35(2)31-49(57-53)39-16-7-4-8-17-39/h3-33H,1-2H3. The third kappa shape index (κ3) is 5.26. The van der Waals surface area contributed by atoms with Crippen LogP contribution in [0.25, 0.3) is 67.3 Å². The van der Waals surface area contributed by atoms with E-state index in [2.05, 4.69) is 165 Å². The molecule has 58 heavy (non-hydrogen) atoms. The molecule has 11 rings (SSSR count).